The summed E-state index contributed by atoms with van der Waals surface area (Å²) in [7, 11) is 2.09. The SMILES string of the molecule is C\C=C(/C=C\C=C\C(C)(C)F)c1ccc(C)c(N(C)CCCC)n1. The maximum Gasteiger partial charge on any atom is 0.131 e. The summed E-state index contributed by atoms with van der Waals surface area (Å²) in [5.74, 6) is 1.02. The number of rotatable bonds is 8. The Morgan fingerprint density at radius 2 is 2.00 bits per heavy atom. The number of hydrogen-bond acceptors (Lipinski definition) is 2. The topological polar surface area (TPSA) is 16.1 Å². The van der Waals surface area contributed by atoms with Crippen molar-refractivity contribution in [2.45, 2.75) is 53.1 Å². The first-order valence-corrected chi connectivity index (χ1v) is 8.68. The molecular weight excluding hydrogens is 299 g/mol. The molecule has 0 saturated carbocycles. The molecule has 1 rings (SSSR count). The van der Waals surface area contributed by atoms with Crippen LogP contribution in [-0.4, -0.2) is 24.2 Å². The van der Waals surface area contributed by atoms with Gasteiger partial charge in [-0.1, -0.05) is 43.7 Å². The van der Waals surface area contributed by atoms with Crippen LogP contribution in [0, 0.1) is 6.92 Å². The van der Waals surface area contributed by atoms with Crippen LogP contribution in [-0.2, 0) is 0 Å². The molecule has 0 spiro atoms. The van der Waals surface area contributed by atoms with E-state index in [0.717, 1.165) is 30.1 Å². The van der Waals surface area contributed by atoms with Crippen LogP contribution in [0.5, 0.6) is 0 Å². The molecule has 132 valence electrons. The third kappa shape index (κ3) is 6.69. The standard InChI is InChI=1S/C21H31FN2/c1-7-9-16-24(6)20-17(3)13-14-19(23-20)18(8-2)12-10-11-15-21(4,5)22/h8,10-15H,7,9,16H2,1-6H3/b12-10-,15-11+,18-8+. The van der Waals surface area contributed by atoms with Gasteiger partial charge in [-0.2, -0.15) is 0 Å². The number of aryl methyl sites for hydroxylation is 1. The number of pyridine rings is 1. The largest absolute Gasteiger partial charge is 0.359 e. The second kappa shape index (κ2) is 9.41. The Bertz CT molecular complexity index is 607. The highest BCUT2D eigenvalue weighted by Gasteiger charge is 2.09. The van der Waals surface area contributed by atoms with Crippen molar-refractivity contribution in [2.75, 3.05) is 18.5 Å². The Balaban J connectivity index is 2.99. The molecular formula is C21H31FN2. The molecule has 0 fully saturated rings. The van der Waals surface area contributed by atoms with Crippen LogP contribution in [0.4, 0.5) is 10.2 Å². The molecule has 0 N–H and O–H groups in total. The molecule has 0 atom stereocenters. The summed E-state index contributed by atoms with van der Waals surface area (Å²) < 4.78 is 13.5. The van der Waals surface area contributed by atoms with E-state index < -0.39 is 5.67 Å². The second-order valence-corrected chi connectivity index (χ2v) is 6.64. The third-order valence-corrected chi connectivity index (χ3v) is 3.77. The van der Waals surface area contributed by atoms with E-state index in [0.29, 0.717) is 0 Å². The van der Waals surface area contributed by atoms with Crippen molar-refractivity contribution < 1.29 is 4.39 Å². The van der Waals surface area contributed by atoms with Gasteiger partial charge in [0.05, 0.1) is 5.69 Å². The number of anilines is 1. The molecule has 0 amide bonds. The zero-order valence-electron chi connectivity index (χ0n) is 15.9. The number of allylic oxidation sites excluding steroid dienone is 6. The molecule has 0 aliphatic rings. The molecule has 0 bridgehead atoms. The van der Waals surface area contributed by atoms with Gasteiger partial charge in [-0.05, 0) is 57.4 Å². The number of halogens is 1. The number of nitrogens with zero attached hydrogens (tertiary/aromatic N) is 2. The molecule has 0 aromatic carbocycles. The lowest BCUT2D eigenvalue weighted by Crippen LogP contribution is -2.21. The van der Waals surface area contributed by atoms with E-state index in [2.05, 4.69) is 31.9 Å². The second-order valence-electron chi connectivity index (χ2n) is 6.64. The smallest absolute Gasteiger partial charge is 0.131 e. The van der Waals surface area contributed by atoms with Crippen LogP contribution in [0.1, 0.15) is 51.8 Å². The van der Waals surface area contributed by atoms with Crippen molar-refractivity contribution in [1.29, 1.82) is 0 Å². The summed E-state index contributed by atoms with van der Waals surface area (Å²) in [6.45, 7) is 10.3. The third-order valence-electron chi connectivity index (χ3n) is 3.77. The average Bonchev–Trinajstić information content (AvgIpc) is 2.52. The number of unbranched alkanes of at least 4 members (excludes halogenated alkanes) is 1. The minimum atomic E-state index is -1.29. The molecule has 1 aromatic heterocycles. The molecule has 0 aliphatic heterocycles. The van der Waals surface area contributed by atoms with Crippen LogP contribution in [0.2, 0.25) is 0 Å². The van der Waals surface area contributed by atoms with Gasteiger partial charge in [0.15, 0.2) is 0 Å². The monoisotopic (exact) mass is 330 g/mol. The van der Waals surface area contributed by atoms with E-state index in [1.165, 1.54) is 25.8 Å². The fourth-order valence-corrected chi connectivity index (χ4v) is 2.34. The van der Waals surface area contributed by atoms with Crippen LogP contribution in [0.25, 0.3) is 5.57 Å². The predicted molar refractivity (Wildman–Crippen MR) is 104 cm³/mol. The molecule has 24 heavy (non-hydrogen) atoms. The quantitative estimate of drug-likeness (QED) is 0.552. The number of hydrogen-bond donors (Lipinski definition) is 0. The van der Waals surface area contributed by atoms with Crippen LogP contribution in [0.3, 0.4) is 0 Å². The van der Waals surface area contributed by atoms with Gasteiger partial charge in [0.1, 0.15) is 11.5 Å². The van der Waals surface area contributed by atoms with Gasteiger partial charge < -0.3 is 4.90 Å². The summed E-state index contributed by atoms with van der Waals surface area (Å²) in [5.41, 5.74) is 1.85. The lowest BCUT2D eigenvalue weighted by Gasteiger charge is -2.20. The van der Waals surface area contributed by atoms with Gasteiger partial charge >= 0.3 is 0 Å². The van der Waals surface area contributed by atoms with E-state index in [1.807, 2.05) is 31.2 Å². The maximum atomic E-state index is 13.5. The Morgan fingerprint density at radius 3 is 2.58 bits per heavy atom. The highest BCUT2D eigenvalue weighted by Crippen LogP contribution is 2.22. The minimum absolute atomic E-state index is 0.936. The average molecular weight is 330 g/mol. The van der Waals surface area contributed by atoms with Crippen LogP contribution in [0.15, 0.2) is 42.5 Å². The fraction of sp³-hybridized carbons (Fsp3) is 0.476. The lowest BCUT2D eigenvalue weighted by molar-refractivity contribution is 0.287. The van der Waals surface area contributed by atoms with Gasteiger partial charge in [-0.15, -0.1) is 0 Å². The van der Waals surface area contributed by atoms with E-state index in [-0.39, 0.29) is 0 Å². The van der Waals surface area contributed by atoms with Crippen molar-refractivity contribution in [3.05, 3.63) is 53.8 Å². The highest BCUT2D eigenvalue weighted by molar-refractivity contribution is 5.73. The summed E-state index contributed by atoms with van der Waals surface area (Å²) >= 11 is 0. The van der Waals surface area contributed by atoms with Crippen molar-refractivity contribution in [3.8, 4) is 0 Å². The Morgan fingerprint density at radius 1 is 1.29 bits per heavy atom. The van der Waals surface area contributed by atoms with E-state index >= 15 is 0 Å². The normalized spacial score (nSPS) is 13.2. The first-order chi connectivity index (χ1) is 11.3. The molecule has 0 saturated heterocycles. The fourth-order valence-electron chi connectivity index (χ4n) is 2.34. The maximum absolute atomic E-state index is 13.5. The molecule has 1 heterocycles. The molecule has 0 aliphatic carbocycles. The van der Waals surface area contributed by atoms with E-state index in [1.54, 1.807) is 12.2 Å². The molecule has 2 nitrogen and oxygen atoms in total. The summed E-state index contributed by atoms with van der Waals surface area (Å²) in [6, 6.07) is 4.15. The Kier molecular flexibility index (Phi) is 7.90. The summed E-state index contributed by atoms with van der Waals surface area (Å²) in [6.07, 6.45) is 11.5. The van der Waals surface area contributed by atoms with Crippen molar-refractivity contribution in [2.24, 2.45) is 0 Å². The Hall–Kier alpha value is -1.90. The van der Waals surface area contributed by atoms with Crippen LogP contribution >= 0.6 is 0 Å². The van der Waals surface area contributed by atoms with Gasteiger partial charge in [0.25, 0.3) is 0 Å². The zero-order chi connectivity index (χ0) is 18.2. The van der Waals surface area contributed by atoms with Crippen molar-refractivity contribution in [1.82, 2.24) is 4.98 Å². The van der Waals surface area contributed by atoms with Gasteiger partial charge in [0, 0.05) is 13.6 Å². The number of aromatic nitrogens is 1. The van der Waals surface area contributed by atoms with Crippen molar-refractivity contribution in [3.63, 3.8) is 0 Å². The van der Waals surface area contributed by atoms with Gasteiger partial charge in [0.2, 0.25) is 0 Å². The summed E-state index contributed by atoms with van der Waals surface area (Å²) in [4.78, 5) is 7.05. The molecule has 3 heteroatoms. The van der Waals surface area contributed by atoms with Gasteiger partial charge in [-0.3, -0.25) is 0 Å². The minimum Gasteiger partial charge on any atom is -0.359 e. The summed E-state index contributed by atoms with van der Waals surface area (Å²) in [5, 5.41) is 0. The molecule has 1 aromatic rings. The predicted octanol–water partition coefficient (Wildman–Crippen LogP) is 5.89. The van der Waals surface area contributed by atoms with Crippen LogP contribution < -0.4 is 4.90 Å². The van der Waals surface area contributed by atoms with E-state index in [9.17, 15) is 4.39 Å². The van der Waals surface area contributed by atoms with Crippen molar-refractivity contribution >= 4 is 11.4 Å². The van der Waals surface area contributed by atoms with Gasteiger partial charge in [-0.25, -0.2) is 9.37 Å². The zero-order valence-corrected chi connectivity index (χ0v) is 15.9. The first kappa shape index (κ1) is 20.1. The van der Waals surface area contributed by atoms with E-state index in [4.69, 9.17) is 4.98 Å². The Labute approximate surface area is 146 Å². The molecule has 0 unspecified atom stereocenters. The number of alkyl halides is 1. The highest BCUT2D eigenvalue weighted by atomic mass is 19.1. The first-order valence-electron chi connectivity index (χ1n) is 8.68. The molecule has 0 radical (unpaired) electrons. The lowest BCUT2D eigenvalue weighted by atomic mass is 10.1.